The summed E-state index contributed by atoms with van der Waals surface area (Å²) in [6.45, 7) is 6.19. The molecule has 0 fully saturated rings. The summed E-state index contributed by atoms with van der Waals surface area (Å²) in [7, 11) is 2.19. The van der Waals surface area contributed by atoms with Crippen LogP contribution in [0.5, 0.6) is 0 Å². The van der Waals surface area contributed by atoms with Gasteiger partial charge in [0.25, 0.3) is 0 Å². The number of hydrogen-bond donors (Lipinski definition) is 1. The Labute approximate surface area is 163 Å². The predicted molar refractivity (Wildman–Crippen MR) is 114 cm³/mol. The van der Waals surface area contributed by atoms with Gasteiger partial charge < -0.3 is 5.11 Å². The highest BCUT2D eigenvalue weighted by atomic mass is 16.3. The third-order valence-corrected chi connectivity index (χ3v) is 5.81. The third kappa shape index (κ3) is 10.3. The van der Waals surface area contributed by atoms with Crippen molar-refractivity contribution in [1.82, 2.24) is 0 Å². The van der Waals surface area contributed by atoms with Crippen molar-refractivity contribution >= 4 is 0 Å². The Morgan fingerprint density at radius 2 is 1.23 bits per heavy atom. The van der Waals surface area contributed by atoms with Crippen LogP contribution in [-0.4, -0.2) is 29.4 Å². The molecule has 150 valence electrons. The van der Waals surface area contributed by atoms with Crippen LogP contribution in [0.4, 0.5) is 0 Å². The fraction of sp³-hybridized carbons (Fsp3) is 0.750. The van der Waals surface area contributed by atoms with Gasteiger partial charge in [0.05, 0.1) is 13.6 Å². The number of aliphatic hydroxyl groups is 1. The molecule has 1 rings (SSSR count). The average molecular weight is 363 g/mol. The molecule has 0 radical (unpaired) electrons. The summed E-state index contributed by atoms with van der Waals surface area (Å²) in [5.74, 6) is 0. The largest absolute Gasteiger partial charge is 0.345 e. The van der Waals surface area contributed by atoms with Gasteiger partial charge in [-0.1, -0.05) is 101 Å². The zero-order valence-corrected chi connectivity index (χ0v) is 17.8. The van der Waals surface area contributed by atoms with Crippen molar-refractivity contribution in [3.8, 4) is 0 Å². The molecule has 0 aromatic heterocycles. The van der Waals surface area contributed by atoms with Crippen LogP contribution in [0.1, 0.15) is 96.5 Å². The van der Waals surface area contributed by atoms with Crippen molar-refractivity contribution in [2.75, 3.05) is 13.6 Å². The minimum absolute atomic E-state index is 0.317. The van der Waals surface area contributed by atoms with Gasteiger partial charge in [-0.3, -0.25) is 4.48 Å². The second kappa shape index (κ2) is 14.2. The highest BCUT2D eigenvalue weighted by Crippen LogP contribution is 2.18. The van der Waals surface area contributed by atoms with Crippen molar-refractivity contribution < 1.29 is 9.59 Å². The Kier molecular flexibility index (Phi) is 12.7. The number of hydrogen-bond acceptors (Lipinski definition) is 1. The number of aliphatic hydroxyl groups excluding tert-OH is 1. The highest BCUT2D eigenvalue weighted by molar-refractivity contribution is 5.13. The van der Waals surface area contributed by atoms with Gasteiger partial charge in [0.15, 0.2) is 6.23 Å². The van der Waals surface area contributed by atoms with Crippen LogP contribution in [0.2, 0.25) is 0 Å². The minimum atomic E-state index is -0.317. The molecular weight excluding hydrogens is 318 g/mol. The van der Waals surface area contributed by atoms with Crippen LogP contribution in [0, 0.1) is 0 Å². The van der Waals surface area contributed by atoms with Gasteiger partial charge >= 0.3 is 0 Å². The van der Waals surface area contributed by atoms with Crippen LogP contribution in [0.15, 0.2) is 30.3 Å². The summed E-state index contributed by atoms with van der Waals surface area (Å²) in [6, 6.07) is 10.6. The third-order valence-electron chi connectivity index (χ3n) is 5.81. The van der Waals surface area contributed by atoms with Crippen molar-refractivity contribution in [3.05, 3.63) is 35.9 Å². The predicted octanol–water partition coefficient (Wildman–Crippen LogP) is 6.67. The summed E-state index contributed by atoms with van der Waals surface area (Å²) < 4.78 is 0.724. The number of nitrogens with zero attached hydrogens (tertiary/aromatic N) is 1. The highest BCUT2D eigenvalue weighted by Gasteiger charge is 2.27. The molecule has 0 amide bonds. The van der Waals surface area contributed by atoms with Gasteiger partial charge in [0.1, 0.15) is 6.54 Å². The standard InChI is InChI=1S/C24H44NO/c1-4-5-6-7-8-9-10-11-12-13-14-18-21-25(3,23(2)26)22-24-19-16-15-17-20-24/h15-17,19-20,23,26H,4-14,18,21-22H2,1-3H3/q+1. The lowest BCUT2D eigenvalue weighted by atomic mass is 10.0. The van der Waals surface area contributed by atoms with Gasteiger partial charge in [-0.2, -0.15) is 0 Å². The topological polar surface area (TPSA) is 20.2 Å². The molecule has 0 aliphatic carbocycles. The van der Waals surface area contributed by atoms with Crippen LogP contribution >= 0.6 is 0 Å². The van der Waals surface area contributed by atoms with Gasteiger partial charge in [-0.15, -0.1) is 0 Å². The van der Waals surface area contributed by atoms with Crippen molar-refractivity contribution in [2.45, 2.75) is 104 Å². The van der Waals surface area contributed by atoms with Gasteiger partial charge in [-0.05, 0) is 12.8 Å². The zero-order valence-electron chi connectivity index (χ0n) is 17.8. The molecule has 0 aliphatic rings. The number of quaternary nitrogens is 1. The molecule has 2 unspecified atom stereocenters. The lowest BCUT2D eigenvalue weighted by Crippen LogP contribution is -2.50. The van der Waals surface area contributed by atoms with E-state index < -0.39 is 0 Å². The molecule has 2 heteroatoms. The van der Waals surface area contributed by atoms with E-state index in [2.05, 4.69) is 44.3 Å². The Morgan fingerprint density at radius 1 is 0.769 bits per heavy atom. The summed E-state index contributed by atoms with van der Waals surface area (Å²) in [4.78, 5) is 0. The number of benzene rings is 1. The minimum Gasteiger partial charge on any atom is -0.345 e. The molecule has 26 heavy (non-hydrogen) atoms. The Hall–Kier alpha value is -0.860. The maximum absolute atomic E-state index is 10.3. The first kappa shape index (κ1) is 23.2. The molecule has 0 spiro atoms. The molecule has 1 aromatic rings. The molecule has 0 heterocycles. The lowest BCUT2D eigenvalue weighted by Gasteiger charge is -2.37. The molecule has 1 aromatic carbocycles. The smallest absolute Gasteiger partial charge is 0.187 e. The molecule has 0 bridgehead atoms. The molecule has 0 saturated carbocycles. The van der Waals surface area contributed by atoms with Gasteiger partial charge in [0.2, 0.25) is 0 Å². The second-order valence-electron chi connectivity index (χ2n) is 8.37. The molecule has 0 aliphatic heterocycles. The second-order valence-corrected chi connectivity index (χ2v) is 8.37. The van der Waals surface area contributed by atoms with Crippen LogP contribution in [0.3, 0.4) is 0 Å². The summed E-state index contributed by atoms with van der Waals surface area (Å²) in [6.07, 6.45) is 16.2. The first-order chi connectivity index (χ1) is 12.6. The molecular formula is C24H44NO+. The molecule has 0 saturated heterocycles. The van der Waals surface area contributed by atoms with E-state index in [0.717, 1.165) is 17.6 Å². The monoisotopic (exact) mass is 362 g/mol. The fourth-order valence-electron chi connectivity index (χ4n) is 3.71. The van der Waals surface area contributed by atoms with E-state index in [0.29, 0.717) is 0 Å². The first-order valence-corrected chi connectivity index (χ1v) is 11.1. The van der Waals surface area contributed by atoms with Gasteiger partial charge in [0, 0.05) is 12.5 Å². The summed E-state index contributed by atoms with van der Waals surface area (Å²) in [5.41, 5.74) is 1.31. The average Bonchev–Trinajstić information content (AvgIpc) is 2.63. The molecule has 2 nitrogen and oxygen atoms in total. The maximum Gasteiger partial charge on any atom is 0.187 e. The number of rotatable bonds is 16. The summed E-state index contributed by atoms with van der Waals surface area (Å²) in [5, 5.41) is 10.3. The van der Waals surface area contributed by atoms with E-state index in [9.17, 15) is 5.11 Å². The SMILES string of the molecule is CCCCCCCCCCCCCC[N+](C)(Cc1ccccc1)C(C)O. The normalized spacial score (nSPS) is 14.9. The van der Waals surface area contributed by atoms with Crippen LogP contribution < -0.4 is 0 Å². The van der Waals surface area contributed by atoms with Crippen LogP contribution in [-0.2, 0) is 6.54 Å². The van der Waals surface area contributed by atoms with Crippen molar-refractivity contribution in [3.63, 3.8) is 0 Å². The number of unbranched alkanes of at least 4 members (excludes halogenated alkanes) is 11. The van der Waals surface area contributed by atoms with Crippen molar-refractivity contribution in [1.29, 1.82) is 0 Å². The lowest BCUT2D eigenvalue weighted by molar-refractivity contribution is -0.964. The van der Waals surface area contributed by atoms with Crippen molar-refractivity contribution in [2.24, 2.45) is 0 Å². The summed E-state index contributed by atoms with van der Waals surface area (Å²) >= 11 is 0. The zero-order chi connectivity index (χ0) is 19.1. The fourth-order valence-corrected chi connectivity index (χ4v) is 3.71. The maximum atomic E-state index is 10.3. The Balaban J connectivity index is 2.09. The molecule has 2 atom stereocenters. The van der Waals surface area contributed by atoms with E-state index in [4.69, 9.17) is 0 Å². The van der Waals surface area contributed by atoms with Crippen LogP contribution in [0.25, 0.3) is 0 Å². The molecule has 1 N–H and O–H groups in total. The quantitative estimate of drug-likeness (QED) is 0.198. The van der Waals surface area contributed by atoms with E-state index in [1.165, 1.54) is 82.6 Å². The first-order valence-electron chi connectivity index (χ1n) is 11.1. The van der Waals surface area contributed by atoms with Gasteiger partial charge in [-0.25, -0.2) is 0 Å². The Morgan fingerprint density at radius 3 is 1.69 bits per heavy atom. The Bertz CT molecular complexity index is 431. The van der Waals surface area contributed by atoms with E-state index in [1.807, 2.05) is 6.92 Å². The van der Waals surface area contributed by atoms with E-state index in [1.54, 1.807) is 0 Å². The van der Waals surface area contributed by atoms with E-state index >= 15 is 0 Å². The van der Waals surface area contributed by atoms with E-state index in [-0.39, 0.29) is 6.23 Å².